The standard InChI is InChI=1S/C25H34ClFN2O6S/c1-13-22(32)14(2)34-8-5-20-25(26,35-20)11-18(17(27)9-16-12-36-15(3)28-16)29-21(31)10-19(30)24(23(13)33)6-4-7-24/h9,12-14,18-20,22,30,32H,4-8,10-11H2,1-3H3,(H,29,31). The van der Waals surface area contributed by atoms with E-state index in [0.717, 1.165) is 11.4 Å². The van der Waals surface area contributed by atoms with Crippen molar-refractivity contribution in [2.75, 3.05) is 6.61 Å². The molecule has 11 heteroatoms. The highest BCUT2D eigenvalue weighted by molar-refractivity contribution is 7.09. The van der Waals surface area contributed by atoms with E-state index in [2.05, 4.69) is 10.3 Å². The van der Waals surface area contributed by atoms with Crippen LogP contribution in [-0.4, -0.2) is 69.0 Å². The second kappa shape index (κ2) is 10.7. The lowest BCUT2D eigenvalue weighted by Crippen LogP contribution is -2.54. The van der Waals surface area contributed by atoms with Crippen molar-refractivity contribution in [2.24, 2.45) is 11.3 Å². The van der Waals surface area contributed by atoms with Crippen molar-refractivity contribution in [1.29, 1.82) is 0 Å². The van der Waals surface area contributed by atoms with Gasteiger partial charge in [0.05, 0.1) is 46.9 Å². The average Bonchev–Trinajstić information content (AvgIpc) is 3.22. The Kier molecular flexibility index (Phi) is 8.24. The second-order valence-corrected chi connectivity index (χ2v) is 12.0. The van der Waals surface area contributed by atoms with E-state index in [1.54, 1.807) is 19.2 Å². The minimum absolute atomic E-state index is 0.0359. The number of carbonyl (C=O) groups is 2. The largest absolute Gasteiger partial charge is 0.392 e. The van der Waals surface area contributed by atoms with Gasteiger partial charge in [-0.2, -0.15) is 0 Å². The fraction of sp³-hybridized carbons (Fsp3) is 0.720. The van der Waals surface area contributed by atoms with Gasteiger partial charge in [0.2, 0.25) is 5.91 Å². The number of aryl methyl sites for hydroxylation is 1. The van der Waals surface area contributed by atoms with Gasteiger partial charge in [0.15, 0.2) is 5.06 Å². The number of hydrogen-bond donors (Lipinski definition) is 3. The SMILES string of the molecule is Cc1nc(C=C(F)C2CC3(Cl)OC3CCOC(C)C(O)C(C)C(=O)C3(CCC3)C(O)CC(=O)N2)cs1. The summed E-state index contributed by atoms with van der Waals surface area (Å²) in [7, 11) is 0. The molecular weight excluding hydrogens is 511 g/mol. The van der Waals surface area contributed by atoms with Gasteiger partial charge in [-0.25, -0.2) is 9.37 Å². The van der Waals surface area contributed by atoms with Gasteiger partial charge in [-0.05, 0) is 32.8 Å². The van der Waals surface area contributed by atoms with Crippen molar-refractivity contribution in [1.82, 2.24) is 10.3 Å². The van der Waals surface area contributed by atoms with Crippen LogP contribution in [0.5, 0.6) is 0 Å². The fourth-order valence-corrected chi connectivity index (χ4v) is 6.18. The number of alkyl halides is 1. The monoisotopic (exact) mass is 544 g/mol. The van der Waals surface area contributed by atoms with Crippen LogP contribution in [0.25, 0.3) is 6.08 Å². The normalized spacial score (nSPS) is 38.2. The van der Waals surface area contributed by atoms with Crippen molar-refractivity contribution in [3.05, 3.63) is 21.9 Å². The van der Waals surface area contributed by atoms with E-state index in [1.807, 2.05) is 6.92 Å². The highest BCUT2D eigenvalue weighted by Crippen LogP contribution is 2.49. The Morgan fingerprint density at radius 1 is 1.33 bits per heavy atom. The zero-order chi connectivity index (χ0) is 26.3. The minimum atomic E-state index is -1.26. The van der Waals surface area contributed by atoms with Crippen LogP contribution in [0.1, 0.15) is 63.1 Å². The number of carbonyl (C=O) groups excluding carboxylic acids is 2. The Bertz CT molecular complexity index is 1020. The summed E-state index contributed by atoms with van der Waals surface area (Å²) >= 11 is 7.98. The predicted molar refractivity (Wildman–Crippen MR) is 133 cm³/mol. The first-order chi connectivity index (χ1) is 16.9. The van der Waals surface area contributed by atoms with Gasteiger partial charge in [0, 0.05) is 30.7 Å². The summed E-state index contributed by atoms with van der Waals surface area (Å²) in [5.74, 6) is -2.30. The number of ether oxygens (including phenoxy) is 2. The highest BCUT2D eigenvalue weighted by atomic mass is 35.5. The molecule has 3 aliphatic rings. The van der Waals surface area contributed by atoms with Crippen LogP contribution in [0.2, 0.25) is 0 Å². The Morgan fingerprint density at radius 2 is 2.06 bits per heavy atom. The molecular formula is C25H34ClFN2O6S. The molecule has 0 aromatic carbocycles. The third kappa shape index (κ3) is 5.68. The van der Waals surface area contributed by atoms with Crippen molar-refractivity contribution in [3.63, 3.8) is 0 Å². The smallest absolute Gasteiger partial charge is 0.223 e. The molecule has 7 atom stereocenters. The summed E-state index contributed by atoms with van der Waals surface area (Å²) in [6.07, 6.45) is -0.550. The molecule has 2 saturated heterocycles. The van der Waals surface area contributed by atoms with E-state index in [4.69, 9.17) is 21.1 Å². The molecule has 4 rings (SSSR count). The Hall–Kier alpha value is -1.43. The maximum Gasteiger partial charge on any atom is 0.223 e. The van der Waals surface area contributed by atoms with Crippen LogP contribution >= 0.6 is 22.9 Å². The van der Waals surface area contributed by atoms with E-state index >= 15 is 4.39 Å². The summed E-state index contributed by atoms with van der Waals surface area (Å²) in [5, 5.41) is 25.7. The maximum atomic E-state index is 15.4. The molecule has 1 amide bonds. The lowest BCUT2D eigenvalue weighted by atomic mass is 9.59. The number of aliphatic hydroxyl groups is 2. The summed E-state index contributed by atoms with van der Waals surface area (Å²) in [5.41, 5.74) is -0.683. The average molecular weight is 545 g/mol. The molecule has 1 aliphatic carbocycles. The Labute approximate surface area is 219 Å². The van der Waals surface area contributed by atoms with Crippen molar-refractivity contribution in [3.8, 4) is 0 Å². The third-order valence-electron chi connectivity index (χ3n) is 7.76. The molecule has 3 heterocycles. The number of aromatic nitrogens is 1. The van der Waals surface area contributed by atoms with Crippen LogP contribution in [0, 0.1) is 18.3 Å². The number of thiazole rings is 1. The van der Waals surface area contributed by atoms with E-state index in [1.165, 1.54) is 17.4 Å². The molecule has 1 aromatic rings. The second-order valence-electron chi connectivity index (χ2n) is 10.3. The first-order valence-corrected chi connectivity index (χ1v) is 13.7. The van der Waals surface area contributed by atoms with Gasteiger partial charge in [0.25, 0.3) is 0 Å². The molecule has 3 fully saturated rings. The molecule has 1 aromatic heterocycles. The lowest BCUT2D eigenvalue weighted by Gasteiger charge is -2.46. The van der Waals surface area contributed by atoms with Crippen LogP contribution in [0.3, 0.4) is 0 Å². The molecule has 3 N–H and O–H groups in total. The van der Waals surface area contributed by atoms with Crippen molar-refractivity contribution in [2.45, 2.75) is 94.8 Å². The topological polar surface area (TPSA) is 121 Å². The Balaban J connectivity index is 1.58. The highest BCUT2D eigenvalue weighted by Gasteiger charge is 2.57. The van der Waals surface area contributed by atoms with Gasteiger partial charge < -0.3 is 25.0 Å². The number of hydrogen-bond acceptors (Lipinski definition) is 8. The first-order valence-electron chi connectivity index (χ1n) is 12.4. The molecule has 2 aliphatic heterocycles. The number of ketones is 1. The molecule has 1 spiro atoms. The van der Waals surface area contributed by atoms with Gasteiger partial charge in [-0.15, -0.1) is 11.3 Å². The Morgan fingerprint density at radius 3 is 2.67 bits per heavy atom. The number of aliphatic hydroxyl groups excluding tert-OH is 2. The summed E-state index contributed by atoms with van der Waals surface area (Å²) < 4.78 is 26.8. The molecule has 200 valence electrons. The molecule has 7 unspecified atom stereocenters. The lowest BCUT2D eigenvalue weighted by molar-refractivity contribution is -0.157. The van der Waals surface area contributed by atoms with Gasteiger partial charge in [-0.3, -0.25) is 9.59 Å². The van der Waals surface area contributed by atoms with Gasteiger partial charge in [-0.1, -0.05) is 24.9 Å². The number of fused-ring (bicyclic) bond motifs is 1. The number of Topliss-reactive ketones (excluding diaryl/α,β-unsaturated/α-hetero) is 1. The zero-order valence-electron chi connectivity index (χ0n) is 20.7. The molecule has 36 heavy (non-hydrogen) atoms. The van der Waals surface area contributed by atoms with E-state index in [0.29, 0.717) is 25.0 Å². The van der Waals surface area contributed by atoms with Gasteiger partial charge in [0.1, 0.15) is 17.7 Å². The quantitative estimate of drug-likeness (QED) is 0.386. The van der Waals surface area contributed by atoms with Crippen molar-refractivity contribution >= 4 is 40.7 Å². The molecule has 0 radical (unpaired) electrons. The van der Waals surface area contributed by atoms with Crippen LogP contribution in [0.15, 0.2) is 11.2 Å². The molecule has 1 saturated carbocycles. The van der Waals surface area contributed by atoms with Gasteiger partial charge >= 0.3 is 0 Å². The van der Waals surface area contributed by atoms with E-state index < -0.39 is 58.6 Å². The summed E-state index contributed by atoms with van der Waals surface area (Å²) in [6.45, 7) is 5.34. The number of halogens is 2. The molecule has 8 nitrogen and oxygen atoms in total. The predicted octanol–water partition coefficient (Wildman–Crippen LogP) is 3.27. The van der Waals surface area contributed by atoms with Crippen LogP contribution in [0.4, 0.5) is 4.39 Å². The van der Waals surface area contributed by atoms with Crippen LogP contribution in [-0.2, 0) is 19.1 Å². The zero-order valence-corrected chi connectivity index (χ0v) is 22.3. The maximum absolute atomic E-state index is 15.4. The summed E-state index contributed by atoms with van der Waals surface area (Å²) in [6, 6.07) is -1.10. The number of epoxide rings is 1. The molecule has 0 bridgehead atoms. The fourth-order valence-electron chi connectivity index (χ4n) is 5.24. The third-order valence-corrected chi connectivity index (χ3v) is 9.03. The van der Waals surface area contributed by atoms with Crippen molar-refractivity contribution < 1.29 is 33.7 Å². The number of amides is 1. The van der Waals surface area contributed by atoms with E-state index in [9.17, 15) is 19.8 Å². The van der Waals surface area contributed by atoms with E-state index in [-0.39, 0.29) is 25.2 Å². The number of rotatable bonds is 2. The summed E-state index contributed by atoms with van der Waals surface area (Å²) in [4.78, 5) is 30.6. The number of nitrogens with zero attached hydrogens (tertiary/aromatic N) is 1. The minimum Gasteiger partial charge on any atom is -0.392 e. The first kappa shape index (κ1) is 27.6. The number of nitrogens with one attached hydrogen (secondary N) is 1. The van der Waals surface area contributed by atoms with Crippen LogP contribution < -0.4 is 5.32 Å².